The molecule has 2 aromatic heterocycles. The molecule has 0 aliphatic carbocycles. The lowest BCUT2D eigenvalue weighted by Crippen LogP contribution is -1.93. The molecule has 0 bridgehead atoms. The summed E-state index contributed by atoms with van der Waals surface area (Å²) in [6.07, 6.45) is 6.57. The van der Waals surface area contributed by atoms with Gasteiger partial charge in [-0.15, -0.1) is 0 Å². The van der Waals surface area contributed by atoms with Gasteiger partial charge in [0.1, 0.15) is 0 Å². The zero-order valence-corrected chi connectivity index (χ0v) is 11.0. The van der Waals surface area contributed by atoms with Crippen LogP contribution in [0.25, 0.3) is 22.3 Å². The monoisotopic (exact) mass is 277 g/mol. The summed E-state index contributed by atoms with van der Waals surface area (Å²) in [5.74, 6) is 0. The molecule has 0 fully saturated rings. The average molecular weight is 277 g/mol. The number of nitrogens with zero attached hydrogens (tertiary/aromatic N) is 3. The Morgan fingerprint density at radius 2 is 1.33 bits per heavy atom. The largest absolute Gasteiger partial charge is 0.277 e. The van der Waals surface area contributed by atoms with E-state index in [9.17, 15) is 10.1 Å². The van der Waals surface area contributed by atoms with Crippen molar-refractivity contribution in [1.29, 1.82) is 0 Å². The third-order valence-corrected chi connectivity index (χ3v) is 3.20. The fraction of sp³-hybridized carbons (Fsp3) is 0. The van der Waals surface area contributed by atoms with Gasteiger partial charge in [-0.05, 0) is 47.0 Å². The van der Waals surface area contributed by atoms with Gasteiger partial charge in [0.15, 0.2) is 0 Å². The zero-order valence-electron chi connectivity index (χ0n) is 11.0. The van der Waals surface area contributed by atoms with Gasteiger partial charge in [-0.1, -0.05) is 6.07 Å². The maximum Gasteiger partial charge on any atom is 0.277 e. The zero-order chi connectivity index (χ0) is 14.7. The van der Waals surface area contributed by atoms with Crippen LogP contribution >= 0.6 is 0 Å². The predicted octanol–water partition coefficient (Wildman–Crippen LogP) is 3.72. The molecule has 0 radical (unpaired) electrons. The lowest BCUT2D eigenvalue weighted by Gasteiger charge is -2.06. The van der Waals surface area contributed by atoms with Crippen LogP contribution in [-0.2, 0) is 0 Å². The molecule has 2 heterocycles. The molecule has 0 saturated heterocycles. The van der Waals surface area contributed by atoms with Crippen molar-refractivity contribution in [3.05, 3.63) is 77.4 Å². The minimum atomic E-state index is -0.361. The second-order valence-corrected chi connectivity index (χ2v) is 4.46. The van der Waals surface area contributed by atoms with E-state index in [4.69, 9.17) is 0 Å². The van der Waals surface area contributed by atoms with E-state index in [0.717, 1.165) is 16.7 Å². The third kappa shape index (κ3) is 2.62. The van der Waals surface area contributed by atoms with Gasteiger partial charge in [0.05, 0.1) is 10.5 Å². The number of rotatable bonds is 3. The van der Waals surface area contributed by atoms with Crippen molar-refractivity contribution in [2.24, 2.45) is 0 Å². The van der Waals surface area contributed by atoms with Crippen LogP contribution < -0.4 is 0 Å². The fourth-order valence-electron chi connectivity index (χ4n) is 2.18. The lowest BCUT2D eigenvalue weighted by atomic mass is 9.99. The smallest absolute Gasteiger partial charge is 0.265 e. The van der Waals surface area contributed by atoms with Crippen LogP contribution in [0.5, 0.6) is 0 Å². The first kappa shape index (κ1) is 12.9. The van der Waals surface area contributed by atoms with Crippen molar-refractivity contribution in [3.63, 3.8) is 0 Å². The molecule has 0 atom stereocenters. The summed E-state index contributed by atoms with van der Waals surface area (Å²) in [5, 5.41) is 11.4. The van der Waals surface area contributed by atoms with Crippen molar-refractivity contribution in [3.8, 4) is 22.3 Å². The van der Waals surface area contributed by atoms with Crippen LogP contribution in [0, 0.1) is 10.1 Å². The van der Waals surface area contributed by atoms with Gasteiger partial charge in [-0.3, -0.25) is 20.1 Å². The van der Waals surface area contributed by atoms with Crippen molar-refractivity contribution >= 4 is 5.69 Å². The molecular formula is C16H11N3O2. The number of hydrogen-bond donors (Lipinski definition) is 0. The van der Waals surface area contributed by atoms with Crippen LogP contribution in [0.15, 0.2) is 67.3 Å². The summed E-state index contributed by atoms with van der Waals surface area (Å²) >= 11 is 0. The summed E-state index contributed by atoms with van der Waals surface area (Å²) in [6.45, 7) is 0. The summed E-state index contributed by atoms with van der Waals surface area (Å²) < 4.78 is 0. The molecule has 102 valence electrons. The topological polar surface area (TPSA) is 68.9 Å². The van der Waals surface area contributed by atoms with Crippen LogP contribution in [-0.4, -0.2) is 14.9 Å². The van der Waals surface area contributed by atoms with E-state index in [1.54, 1.807) is 49.1 Å². The first-order chi connectivity index (χ1) is 10.3. The Labute approximate surface area is 121 Å². The number of pyridine rings is 2. The molecular weight excluding hydrogens is 266 g/mol. The molecule has 0 N–H and O–H groups in total. The van der Waals surface area contributed by atoms with Gasteiger partial charge in [0.2, 0.25) is 0 Å². The molecule has 0 spiro atoms. The standard InChI is InChI=1S/C16H11N3O2/c20-19(21)16-11-14(12-3-7-17-8-4-12)1-2-15(16)13-5-9-18-10-6-13/h1-11H. The van der Waals surface area contributed by atoms with E-state index in [1.807, 2.05) is 18.2 Å². The van der Waals surface area contributed by atoms with Crippen LogP contribution in [0.2, 0.25) is 0 Å². The van der Waals surface area contributed by atoms with Gasteiger partial charge in [-0.25, -0.2) is 0 Å². The van der Waals surface area contributed by atoms with E-state index in [1.165, 1.54) is 0 Å². The first-order valence-electron chi connectivity index (χ1n) is 6.35. The van der Waals surface area contributed by atoms with Crippen molar-refractivity contribution in [2.75, 3.05) is 0 Å². The van der Waals surface area contributed by atoms with Gasteiger partial charge in [0.25, 0.3) is 5.69 Å². The highest BCUT2D eigenvalue weighted by atomic mass is 16.6. The molecule has 3 rings (SSSR count). The minimum absolute atomic E-state index is 0.0792. The highest BCUT2D eigenvalue weighted by molar-refractivity contribution is 5.78. The minimum Gasteiger partial charge on any atom is -0.265 e. The number of benzene rings is 1. The molecule has 21 heavy (non-hydrogen) atoms. The number of aromatic nitrogens is 2. The quantitative estimate of drug-likeness (QED) is 0.540. The number of nitro groups is 1. The molecule has 0 unspecified atom stereocenters. The molecule has 3 aromatic rings. The molecule has 5 heteroatoms. The molecule has 0 saturated carbocycles. The second kappa shape index (κ2) is 5.50. The maximum atomic E-state index is 11.4. The predicted molar refractivity (Wildman–Crippen MR) is 79.6 cm³/mol. The maximum absolute atomic E-state index is 11.4. The Hall–Kier alpha value is -3.08. The Morgan fingerprint density at radius 3 is 1.90 bits per heavy atom. The van der Waals surface area contributed by atoms with E-state index in [0.29, 0.717) is 5.56 Å². The van der Waals surface area contributed by atoms with Gasteiger partial charge in [0, 0.05) is 30.9 Å². The highest BCUT2D eigenvalue weighted by Crippen LogP contribution is 2.33. The van der Waals surface area contributed by atoms with E-state index < -0.39 is 0 Å². The second-order valence-electron chi connectivity index (χ2n) is 4.46. The molecule has 0 aliphatic heterocycles. The van der Waals surface area contributed by atoms with Crippen LogP contribution in [0.1, 0.15) is 0 Å². The fourth-order valence-corrected chi connectivity index (χ4v) is 2.18. The summed E-state index contributed by atoms with van der Waals surface area (Å²) in [7, 11) is 0. The molecule has 0 amide bonds. The summed E-state index contributed by atoms with van der Waals surface area (Å²) in [6, 6.07) is 12.4. The van der Waals surface area contributed by atoms with E-state index >= 15 is 0 Å². The Bertz CT molecular complexity index is 774. The molecule has 1 aromatic carbocycles. The molecule has 5 nitrogen and oxygen atoms in total. The van der Waals surface area contributed by atoms with Gasteiger partial charge < -0.3 is 0 Å². The summed E-state index contributed by atoms with van der Waals surface area (Å²) in [5.41, 5.74) is 3.13. The highest BCUT2D eigenvalue weighted by Gasteiger charge is 2.16. The van der Waals surface area contributed by atoms with E-state index in [-0.39, 0.29) is 10.6 Å². The Balaban J connectivity index is 2.14. The van der Waals surface area contributed by atoms with Gasteiger partial charge in [-0.2, -0.15) is 0 Å². The first-order valence-corrected chi connectivity index (χ1v) is 6.35. The van der Waals surface area contributed by atoms with Crippen LogP contribution in [0.3, 0.4) is 0 Å². The average Bonchev–Trinajstić information content (AvgIpc) is 2.56. The number of hydrogen-bond acceptors (Lipinski definition) is 4. The third-order valence-electron chi connectivity index (χ3n) is 3.20. The summed E-state index contributed by atoms with van der Waals surface area (Å²) in [4.78, 5) is 18.9. The Kier molecular flexibility index (Phi) is 3.39. The van der Waals surface area contributed by atoms with Crippen molar-refractivity contribution in [1.82, 2.24) is 9.97 Å². The SMILES string of the molecule is O=[N+]([O-])c1cc(-c2ccncc2)ccc1-c1ccncc1. The van der Waals surface area contributed by atoms with E-state index in [2.05, 4.69) is 9.97 Å². The lowest BCUT2D eigenvalue weighted by molar-refractivity contribution is -0.384. The normalized spacial score (nSPS) is 10.3. The number of nitro benzene ring substituents is 1. The Morgan fingerprint density at radius 1 is 0.762 bits per heavy atom. The van der Waals surface area contributed by atoms with Gasteiger partial charge >= 0.3 is 0 Å². The van der Waals surface area contributed by atoms with Crippen molar-refractivity contribution < 1.29 is 4.92 Å². The molecule has 0 aliphatic rings. The van der Waals surface area contributed by atoms with Crippen molar-refractivity contribution in [2.45, 2.75) is 0 Å². The van der Waals surface area contributed by atoms with Crippen LogP contribution in [0.4, 0.5) is 5.69 Å².